The van der Waals surface area contributed by atoms with Gasteiger partial charge in [-0.25, -0.2) is 23.5 Å². The lowest BCUT2D eigenvalue weighted by Gasteiger charge is -2.15. The average molecular weight is 425 g/mol. The number of fused-ring (bicyclic) bond motifs is 1. The van der Waals surface area contributed by atoms with Crippen LogP contribution in [-0.4, -0.2) is 65.4 Å². The molecule has 1 fully saturated rings. The minimum absolute atomic E-state index is 0.00114. The van der Waals surface area contributed by atoms with Crippen molar-refractivity contribution in [3.05, 3.63) is 38.6 Å². The van der Waals surface area contributed by atoms with E-state index in [9.17, 15) is 24.2 Å². The molecule has 0 radical (unpaired) electrons. The third-order valence-corrected chi connectivity index (χ3v) is 5.58. The van der Waals surface area contributed by atoms with E-state index in [2.05, 4.69) is 9.97 Å². The van der Waals surface area contributed by atoms with Gasteiger partial charge in [0.1, 0.15) is 17.7 Å². The van der Waals surface area contributed by atoms with Gasteiger partial charge in [0.25, 0.3) is 0 Å². The van der Waals surface area contributed by atoms with Crippen molar-refractivity contribution in [2.45, 2.75) is 31.2 Å². The van der Waals surface area contributed by atoms with Gasteiger partial charge in [-0.1, -0.05) is 0 Å². The molecule has 1 aliphatic heterocycles. The monoisotopic (exact) mass is 425 g/mol. The summed E-state index contributed by atoms with van der Waals surface area (Å²) in [5.74, 6) is -1.24. The van der Waals surface area contributed by atoms with Gasteiger partial charge in [0.2, 0.25) is 5.95 Å². The Kier molecular flexibility index (Phi) is 4.82. The number of nitrogens with zero attached hydrogens (tertiary/aromatic N) is 4. The molecule has 3 aromatic heterocycles. The molecular formula is C16H16FN5O6S. The summed E-state index contributed by atoms with van der Waals surface area (Å²) in [6.07, 6.45) is -5.02. The van der Waals surface area contributed by atoms with Crippen molar-refractivity contribution >= 4 is 34.4 Å². The molecule has 13 heteroatoms. The van der Waals surface area contributed by atoms with Gasteiger partial charge in [-0.15, -0.1) is 11.3 Å². The number of aromatic carboxylic acids is 1. The van der Waals surface area contributed by atoms with Crippen LogP contribution in [0.3, 0.4) is 0 Å². The second-order valence-corrected chi connectivity index (χ2v) is 7.46. The summed E-state index contributed by atoms with van der Waals surface area (Å²) in [5.41, 5.74) is 5.30. The molecule has 0 saturated carbocycles. The fraction of sp³-hybridized carbons (Fsp3) is 0.375. The van der Waals surface area contributed by atoms with E-state index in [1.54, 1.807) is 0 Å². The predicted octanol–water partition coefficient (Wildman–Crippen LogP) is -0.428. The van der Waals surface area contributed by atoms with Crippen LogP contribution in [0, 0.1) is 0 Å². The lowest BCUT2D eigenvalue weighted by molar-refractivity contribution is -0.0513. The molecule has 0 aromatic carbocycles. The number of halogens is 1. The number of hydrogen-bond donors (Lipinski definition) is 4. The summed E-state index contributed by atoms with van der Waals surface area (Å²) in [5, 5.41) is 30.0. The van der Waals surface area contributed by atoms with Gasteiger partial charge in [-0.3, -0.25) is 4.57 Å². The number of carboxylic acid groups (broad SMARTS) is 1. The first kappa shape index (κ1) is 19.4. The van der Waals surface area contributed by atoms with Crippen LogP contribution < -0.4 is 11.4 Å². The molecular weight excluding hydrogens is 409 g/mol. The largest absolute Gasteiger partial charge is 0.478 e. The number of imidazole rings is 1. The van der Waals surface area contributed by atoms with E-state index < -0.39 is 42.9 Å². The molecule has 11 nitrogen and oxygen atoms in total. The van der Waals surface area contributed by atoms with Crippen LogP contribution in [0.2, 0.25) is 0 Å². The quantitative estimate of drug-likeness (QED) is 0.424. The summed E-state index contributed by atoms with van der Waals surface area (Å²) in [4.78, 5) is 32.7. The number of anilines is 1. The molecule has 3 aromatic rings. The Balaban J connectivity index is 1.83. The van der Waals surface area contributed by atoms with Crippen molar-refractivity contribution in [1.82, 2.24) is 19.1 Å². The second kappa shape index (κ2) is 7.18. The lowest BCUT2D eigenvalue weighted by atomic mass is 10.1. The van der Waals surface area contributed by atoms with Crippen LogP contribution in [0.25, 0.3) is 11.2 Å². The molecule has 4 heterocycles. The Morgan fingerprint density at radius 3 is 2.83 bits per heavy atom. The number of carboxylic acids is 1. The normalized spacial score (nSPS) is 24.4. The summed E-state index contributed by atoms with van der Waals surface area (Å²) in [7, 11) is 0. The predicted molar refractivity (Wildman–Crippen MR) is 98.5 cm³/mol. The standard InChI is InChI=1S/C16H16FN5O6S/c17-10-9(4-23)28-13(11(10)24)22-12-8(2-19-15(18)20-12)21(16(22)27)3-7-1-6(5-29-7)14(25)26/h1-2,5,9-11,13,23-24H,3-4H2,(H,25,26)(H2,18,19,20)/t9-,10-,11-,13-/m1/s1. The zero-order valence-electron chi connectivity index (χ0n) is 14.7. The molecule has 0 bridgehead atoms. The maximum atomic E-state index is 14.2. The van der Waals surface area contributed by atoms with Crippen molar-refractivity contribution in [3.8, 4) is 0 Å². The number of aliphatic hydroxyl groups excluding tert-OH is 2. The van der Waals surface area contributed by atoms with Gasteiger partial charge in [0, 0.05) is 10.3 Å². The summed E-state index contributed by atoms with van der Waals surface area (Å²) in [6, 6.07) is 1.43. The van der Waals surface area contributed by atoms with E-state index in [0.29, 0.717) is 4.88 Å². The maximum absolute atomic E-state index is 14.2. The molecule has 1 aliphatic rings. The number of aromatic nitrogens is 4. The lowest BCUT2D eigenvalue weighted by Crippen LogP contribution is -2.34. The topological polar surface area (TPSA) is 166 Å². The van der Waals surface area contributed by atoms with Crippen molar-refractivity contribution in [2.75, 3.05) is 12.3 Å². The minimum Gasteiger partial charge on any atom is -0.478 e. The molecule has 5 N–H and O–H groups in total. The van der Waals surface area contributed by atoms with Crippen LogP contribution in [0.1, 0.15) is 21.5 Å². The number of nitrogens with two attached hydrogens (primary N) is 1. The molecule has 154 valence electrons. The smallest absolute Gasteiger partial charge is 0.336 e. The molecule has 0 spiro atoms. The Labute approximate surface area is 165 Å². The fourth-order valence-electron chi connectivity index (χ4n) is 3.25. The Hall–Kier alpha value is -2.87. The van der Waals surface area contributed by atoms with Gasteiger partial charge < -0.3 is 25.8 Å². The van der Waals surface area contributed by atoms with Crippen molar-refractivity contribution in [3.63, 3.8) is 0 Å². The highest BCUT2D eigenvalue weighted by Crippen LogP contribution is 2.32. The Morgan fingerprint density at radius 1 is 1.45 bits per heavy atom. The molecule has 0 unspecified atom stereocenters. The van der Waals surface area contributed by atoms with Crippen LogP contribution >= 0.6 is 11.3 Å². The Bertz CT molecular complexity index is 1140. The number of ether oxygens (including phenoxy) is 1. The van der Waals surface area contributed by atoms with Gasteiger partial charge in [-0.2, -0.15) is 4.98 Å². The minimum atomic E-state index is -1.90. The zero-order chi connectivity index (χ0) is 20.9. The molecule has 1 saturated heterocycles. The third kappa shape index (κ3) is 3.17. The van der Waals surface area contributed by atoms with E-state index in [-0.39, 0.29) is 29.2 Å². The highest BCUT2D eigenvalue weighted by atomic mass is 32.1. The average Bonchev–Trinajstić information content (AvgIpc) is 3.33. The number of hydrogen-bond acceptors (Lipinski definition) is 9. The van der Waals surface area contributed by atoms with Gasteiger partial charge in [0.05, 0.1) is 24.9 Å². The van der Waals surface area contributed by atoms with Gasteiger partial charge in [0.15, 0.2) is 18.0 Å². The number of rotatable bonds is 5. The molecule has 4 atom stereocenters. The third-order valence-electron chi connectivity index (χ3n) is 4.66. The summed E-state index contributed by atoms with van der Waals surface area (Å²) >= 11 is 1.15. The van der Waals surface area contributed by atoms with Gasteiger partial charge in [-0.05, 0) is 6.07 Å². The van der Waals surface area contributed by atoms with Crippen LogP contribution in [0.5, 0.6) is 0 Å². The first-order valence-electron chi connectivity index (χ1n) is 8.44. The number of alkyl halides is 1. The van der Waals surface area contributed by atoms with Crippen LogP contribution in [0.4, 0.5) is 10.3 Å². The number of aliphatic hydroxyl groups is 2. The van der Waals surface area contributed by atoms with E-state index in [1.165, 1.54) is 22.2 Å². The number of carbonyl (C=O) groups is 1. The van der Waals surface area contributed by atoms with Gasteiger partial charge >= 0.3 is 11.7 Å². The van der Waals surface area contributed by atoms with E-state index in [0.717, 1.165) is 15.9 Å². The SMILES string of the molecule is Nc1ncc2c(n1)n([C@@H]1O[C@H](CO)[C@@H](F)[C@H]1O)c(=O)n2Cc1cc(C(=O)O)cs1. The van der Waals surface area contributed by atoms with Crippen molar-refractivity contribution in [1.29, 1.82) is 0 Å². The Morgan fingerprint density at radius 2 is 2.21 bits per heavy atom. The highest BCUT2D eigenvalue weighted by Gasteiger charge is 2.46. The molecule has 4 rings (SSSR count). The number of thiophene rings is 1. The summed E-state index contributed by atoms with van der Waals surface area (Å²) < 4.78 is 21.8. The van der Waals surface area contributed by atoms with E-state index >= 15 is 0 Å². The van der Waals surface area contributed by atoms with Crippen LogP contribution in [0.15, 0.2) is 22.4 Å². The van der Waals surface area contributed by atoms with Crippen molar-refractivity contribution < 1.29 is 29.2 Å². The van der Waals surface area contributed by atoms with E-state index in [4.69, 9.17) is 15.6 Å². The summed E-state index contributed by atoms with van der Waals surface area (Å²) in [6.45, 7) is -0.675. The van der Waals surface area contributed by atoms with Crippen molar-refractivity contribution in [2.24, 2.45) is 0 Å². The highest BCUT2D eigenvalue weighted by molar-refractivity contribution is 7.10. The molecule has 0 aliphatic carbocycles. The van der Waals surface area contributed by atoms with Crippen LogP contribution in [-0.2, 0) is 11.3 Å². The second-order valence-electron chi connectivity index (χ2n) is 6.47. The molecule has 29 heavy (non-hydrogen) atoms. The maximum Gasteiger partial charge on any atom is 0.336 e. The first-order chi connectivity index (χ1) is 13.8. The fourth-order valence-corrected chi connectivity index (χ4v) is 4.10. The van der Waals surface area contributed by atoms with E-state index in [1.807, 2.05) is 0 Å². The molecule has 0 amide bonds. The number of nitrogen functional groups attached to an aromatic ring is 1. The first-order valence-corrected chi connectivity index (χ1v) is 9.32. The zero-order valence-corrected chi connectivity index (χ0v) is 15.5.